The predicted octanol–water partition coefficient (Wildman–Crippen LogP) is 1.99. The molecule has 0 unspecified atom stereocenters. The summed E-state index contributed by atoms with van der Waals surface area (Å²) in [7, 11) is 1.22. The molecule has 2 aromatic heterocycles. The maximum atomic E-state index is 13.2. The number of hydrogen-bond donors (Lipinski definition) is 1. The molecule has 1 fully saturated rings. The summed E-state index contributed by atoms with van der Waals surface area (Å²) in [5, 5.41) is 2.46. The summed E-state index contributed by atoms with van der Waals surface area (Å²) in [6, 6.07) is 4.35. The fourth-order valence-corrected chi connectivity index (χ4v) is 2.46. The van der Waals surface area contributed by atoms with Gasteiger partial charge in [-0.25, -0.2) is 23.4 Å². The van der Waals surface area contributed by atoms with Gasteiger partial charge in [-0.15, -0.1) is 0 Å². The molecule has 0 aliphatic carbocycles. The Balaban J connectivity index is 1.89. The van der Waals surface area contributed by atoms with Gasteiger partial charge in [0, 0.05) is 19.2 Å². The van der Waals surface area contributed by atoms with Crippen molar-refractivity contribution in [2.45, 2.75) is 12.3 Å². The van der Waals surface area contributed by atoms with Gasteiger partial charge in [0.25, 0.3) is 5.92 Å². The highest BCUT2D eigenvalue weighted by atomic mass is 19.3. The minimum Gasteiger partial charge on any atom is -0.464 e. The number of esters is 1. The lowest BCUT2D eigenvalue weighted by Gasteiger charge is -2.16. The van der Waals surface area contributed by atoms with E-state index < -0.39 is 24.5 Å². The Morgan fingerprint density at radius 1 is 1.39 bits per heavy atom. The minimum absolute atomic E-state index is 0.0357. The van der Waals surface area contributed by atoms with Crippen molar-refractivity contribution < 1.29 is 23.1 Å². The van der Waals surface area contributed by atoms with Crippen LogP contribution in [0.25, 0.3) is 5.52 Å². The maximum absolute atomic E-state index is 13.2. The number of imidazole rings is 1. The molecule has 1 saturated heterocycles. The molecular weight excluding hydrogens is 310 g/mol. The molecule has 0 atom stereocenters. The van der Waals surface area contributed by atoms with Crippen LogP contribution in [0.2, 0.25) is 0 Å². The van der Waals surface area contributed by atoms with Crippen molar-refractivity contribution in [2.24, 2.45) is 0 Å². The van der Waals surface area contributed by atoms with E-state index >= 15 is 0 Å². The lowest BCUT2D eigenvalue weighted by atomic mass is 10.3. The highest BCUT2D eigenvalue weighted by Crippen LogP contribution is 2.27. The summed E-state index contributed by atoms with van der Waals surface area (Å²) in [5.74, 6) is -3.45. The molecule has 3 rings (SSSR count). The van der Waals surface area contributed by atoms with Crippen LogP contribution in [0.5, 0.6) is 0 Å². The van der Waals surface area contributed by atoms with Gasteiger partial charge in [-0.2, -0.15) is 0 Å². The molecule has 2 aromatic rings. The Bertz CT molecular complexity index is 774. The average molecular weight is 324 g/mol. The summed E-state index contributed by atoms with van der Waals surface area (Å²) >= 11 is 0. The number of likely N-dealkylation sites (tertiary alicyclic amines) is 1. The summed E-state index contributed by atoms with van der Waals surface area (Å²) in [4.78, 5) is 28.9. The fourth-order valence-electron chi connectivity index (χ4n) is 2.46. The van der Waals surface area contributed by atoms with Crippen molar-refractivity contribution in [1.29, 1.82) is 0 Å². The first-order chi connectivity index (χ1) is 10.9. The molecule has 0 radical (unpaired) electrons. The van der Waals surface area contributed by atoms with Crippen LogP contribution in [0.1, 0.15) is 16.9 Å². The third kappa shape index (κ3) is 2.81. The van der Waals surface area contributed by atoms with E-state index in [-0.39, 0.29) is 24.6 Å². The number of anilines is 1. The van der Waals surface area contributed by atoms with Crippen LogP contribution in [0.4, 0.5) is 19.5 Å². The Labute approximate surface area is 129 Å². The second kappa shape index (κ2) is 5.49. The zero-order valence-electron chi connectivity index (χ0n) is 12.3. The number of amides is 2. The number of aromatic nitrogens is 2. The molecule has 2 amide bonds. The van der Waals surface area contributed by atoms with E-state index in [4.69, 9.17) is 0 Å². The Morgan fingerprint density at radius 3 is 2.83 bits per heavy atom. The zero-order chi connectivity index (χ0) is 16.6. The van der Waals surface area contributed by atoms with Crippen LogP contribution in [-0.4, -0.2) is 52.4 Å². The zero-order valence-corrected chi connectivity index (χ0v) is 12.3. The summed E-state index contributed by atoms with van der Waals surface area (Å²) < 4.78 is 32.5. The first-order valence-corrected chi connectivity index (χ1v) is 6.90. The van der Waals surface area contributed by atoms with Crippen molar-refractivity contribution in [2.75, 3.05) is 25.5 Å². The highest BCUT2D eigenvalue weighted by Gasteiger charge is 2.40. The van der Waals surface area contributed by atoms with E-state index in [0.29, 0.717) is 5.52 Å². The van der Waals surface area contributed by atoms with Gasteiger partial charge >= 0.3 is 12.0 Å². The van der Waals surface area contributed by atoms with E-state index in [1.807, 2.05) is 0 Å². The van der Waals surface area contributed by atoms with Crippen LogP contribution >= 0.6 is 0 Å². The highest BCUT2D eigenvalue weighted by molar-refractivity contribution is 5.97. The standard InChI is InChI=1S/C14H14F2N4O3/c1-23-11(21)10-9-4-2-3-6-20(9)12(17-10)18-13(22)19-7-5-14(15,16)8-19/h2-4,6H,5,7-8H2,1H3,(H,17,18,22). The van der Waals surface area contributed by atoms with Crippen LogP contribution in [-0.2, 0) is 4.74 Å². The number of nitrogens with zero attached hydrogens (tertiary/aromatic N) is 3. The smallest absolute Gasteiger partial charge is 0.359 e. The Morgan fingerprint density at radius 2 is 2.17 bits per heavy atom. The van der Waals surface area contributed by atoms with Gasteiger partial charge in [0.15, 0.2) is 5.69 Å². The molecule has 0 bridgehead atoms. The number of alkyl halides is 2. The third-order valence-electron chi connectivity index (χ3n) is 3.60. The lowest BCUT2D eigenvalue weighted by Crippen LogP contribution is -2.35. The molecule has 1 N–H and O–H groups in total. The van der Waals surface area contributed by atoms with Gasteiger partial charge < -0.3 is 9.64 Å². The van der Waals surface area contributed by atoms with Crippen molar-refractivity contribution in [1.82, 2.24) is 14.3 Å². The minimum atomic E-state index is -2.87. The number of pyridine rings is 1. The third-order valence-corrected chi connectivity index (χ3v) is 3.60. The molecule has 0 spiro atoms. The van der Waals surface area contributed by atoms with Crippen LogP contribution in [0.15, 0.2) is 24.4 Å². The van der Waals surface area contributed by atoms with E-state index in [9.17, 15) is 18.4 Å². The fraction of sp³-hybridized carbons (Fsp3) is 0.357. The molecule has 3 heterocycles. The second-order valence-electron chi connectivity index (χ2n) is 5.19. The Hall–Kier alpha value is -2.71. The lowest BCUT2D eigenvalue weighted by molar-refractivity contribution is 0.0159. The first-order valence-electron chi connectivity index (χ1n) is 6.90. The molecule has 1 aliphatic rings. The van der Waals surface area contributed by atoms with Crippen LogP contribution in [0, 0.1) is 0 Å². The topological polar surface area (TPSA) is 75.9 Å². The molecular formula is C14H14F2N4O3. The number of carbonyl (C=O) groups excluding carboxylic acids is 2. The van der Waals surface area contributed by atoms with Crippen molar-refractivity contribution in [3.05, 3.63) is 30.1 Å². The largest absolute Gasteiger partial charge is 0.464 e. The second-order valence-corrected chi connectivity index (χ2v) is 5.19. The summed E-state index contributed by atoms with van der Waals surface area (Å²) in [5.41, 5.74) is 0.483. The Kier molecular flexibility index (Phi) is 3.63. The first kappa shape index (κ1) is 15.2. The normalized spacial score (nSPS) is 16.6. The van der Waals surface area contributed by atoms with Gasteiger partial charge in [-0.05, 0) is 12.1 Å². The monoisotopic (exact) mass is 324 g/mol. The molecule has 1 aliphatic heterocycles. The van der Waals surface area contributed by atoms with Crippen molar-refractivity contribution in [3.63, 3.8) is 0 Å². The molecule has 7 nitrogen and oxygen atoms in total. The van der Waals surface area contributed by atoms with Crippen molar-refractivity contribution in [3.8, 4) is 0 Å². The average Bonchev–Trinajstić information content (AvgIpc) is 3.07. The molecule has 23 heavy (non-hydrogen) atoms. The van der Waals surface area contributed by atoms with Crippen LogP contribution in [0.3, 0.4) is 0 Å². The van der Waals surface area contributed by atoms with Gasteiger partial charge in [0.2, 0.25) is 5.95 Å². The summed E-state index contributed by atoms with van der Waals surface area (Å²) in [6.07, 6.45) is 1.24. The van der Waals surface area contributed by atoms with E-state index in [1.54, 1.807) is 24.4 Å². The number of halogens is 2. The molecule has 0 saturated carbocycles. The number of methoxy groups -OCH3 is 1. The van der Waals surface area contributed by atoms with Gasteiger partial charge in [0.05, 0.1) is 19.2 Å². The predicted molar refractivity (Wildman–Crippen MR) is 76.7 cm³/mol. The van der Waals surface area contributed by atoms with Crippen molar-refractivity contribution >= 4 is 23.5 Å². The molecule has 0 aromatic carbocycles. The number of ether oxygens (including phenoxy) is 1. The SMILES string of the molecule is COC(=O)c1nc(NC(=O)N2CCC(F)(F)C2)n2ccccc12. The molecule has 9 heteroatoms. The number of carbonyl (C=O) groups is 2. The van der Waals surface area contributed by atoms with E-state index in [0.717, 1.165) is 4.90 Å². The van der Waals surface area contributed by atoms with Gasteiger partial charge in [-0.3, -0.25) is 9.72 Å². The summed E-state index contributed by atoms with van der Waals surface area (Å²) in [6.45, 7) is -0.669. The number of hydrogen-bond acceptors (Lipinski definition) is 4. The number of fused-ring (bicyclic) bond motifs is 1. The molecule has 122 valence electrons. The quantitative estimate of drug-likeness (QED) is 0.857. The van der Waals surface area contributed by atoms with E-state index in [2.05, 4.69) is 15.0 Å². The number of urea groups is 1. The van der Waals surface area contributed by atoms with Gasteiger partial charge in [-0.1, -0.05) is 6.07 Å². The van der Waals surface area contributed by atoms with E-state index in [1.165, 1.54) is 11.5 Å². The van der Waals surface area contributed by atoms with Gasteiger partial charge in [0.1, 0.15) is 0 Å². The van der Waals surface area contributed by atoms with Crippen LogP contribution < -0.4 is 5.32 Å². The number of rotatable bonds is 2. The maximum Gasteiger partial charge on any atom is 0.359 e. The number of nitrogens with one attached hydrogen (secondary N) is 1.